The molecular formula is C20H31N3O4. The molecule has 2 amide bonds. The Morgan fingerprint density at radius 2 is 1.89 bits per heavy atom. The second-order valence-corrected chi connectivity index (χ2v) is 7.95. The third-order valence-corrected chi connectivity index (χ3v) is 4.30. The Morgan fingerprint density at radius 3 is 2.48 bits per heavy atom. The van der Waals surface area contributed by atoms with Crippen molar-refractivity contribution in [2.24, 2.45) is 0 Å². The Bertz CT molecular complexity index is 662. The van der Waals surface area contributed by atoms with Crippen molar-refractivity contribution in [2.45, 2.75) is 52.2 Å². The maximum Gasteiger partial charge on any atom is 0.407 e. The van der Waals surface area contributed by atoms with Gasteiger partial charge in [-0.1, -0.05) is 6.07 Å². The Labute approximate surface area is 161 Å². The highest BCUT2D eigenvalue weighted by Crippen LogP contribution is 2.25. The van der Waals surface area contributed by atoms with Gasteiger partial charge in [-0.05, 0) is 58.2 Å². The van der Waals surface area contributed by atoms with Crippen LogP contribution in [0.1, 0.15) is 39.2 Å². The number of hydrogen-bond acceptors (Lipinski definition) is 5. The van der Waals surface area contributed by atoms with Crippen molar-refractivity contribution in [3.63, 3.8) is 0 Å². The van der Waals surface area contributed by atoms with Crippen LogP contribution in [0.2, 0.25) is 0 Å². The van der Waals surface area contributed by atoms with Gasteiger partial charge in [0.15, 0.2) is 0 Å². The molecule has 7 nitrogen and oxygen atoms in total. The van der Waals surface area contributed by atoms with E-state index in [2.05, 4.69) is 15.5 Å². The van der Waals surface area contributed by atoms with Crippen LogP contribution in [-0.2, 0) is 9.53 Å². The van der Waals surface area contributed by atoms with E-state index in [0.29, 0.717) is 18.0 Å². The number of nitrogens with one attached hydrogen (secondary N) is 2. The lowest BCUT2D eigenvalue weighted by molar-refractivity contribution is -0.117. The van der Waals surface area contributed by atoms with Crippen LogP contribution in [0.4, 0.5) is 10.5 Å². The molecule has 0 radical (unpaired) electrons. The van der Waals surface area contributed by atoms with Crippen molar-refractivity contribution >= 4 is 17.7 Å². The molecule has 0 spiro atoms. The number of methoxy groups -OCH3 is 1. The van der Waals surface area contributed by atoms with E-state index in [1.165, 1.54) is 0 Å². The molecule has 1 aromatic rings. The number of benzene rings is 1. The first-order chi connectivity index (χ1) is 12.7. The van der Waals surface area contributed by atoms with Gasteiger partial charge in [-0.2, -0.15) is 0 Å². The third-order valence-electron chi connectivity index (χ3n) is 4.30. The molecule has 1 aromatic carbocycles. The second-order valence-electron chi connectivity index (χ2n) is 7.95. The fraction of sp³-hybridized carbons (Fsp3) is 0.600. The number of amides is 2. The van der Waals surface area contributed by atoms with Crippen molar-refractivity contribution in [1.29, 1.82) is 0 Å². The summed E-state index contributed by atoms with van der Waals surface area (Å²) < 4.78 is 10.6. The number of rotatable bonds is 5. The Hall–Kier alpha value is -2.28. The first kappa shape index (κ1) is 21.0. The van der Waals surface area contributed by atoms with Gasteiger partial charge in [0.2, 0.25) is 5.91 Å². The smallest absolute Gasteiger partial charge is 0.407 e. The molecule has 1 aliphatic rings. The van der Waals surface area contributed by atoms with Gasteiger partial charge in [0, 0.05) is 19.1 Å². The van der Waals surface area contributed by atoms with Crippen LogP contribution in [0.3, 0.4) is 0 Å². The average Bonchev–Trinajstić information content (AvgIpc) is 2.55. The van der Waals surface area contributed by atoms with E-state index in [9.17, 15) is 9.59 Å². The summed E-state index contributed by atoms with van der Waals surface area (Å²) in [6.07, 6.45) is 1.20. The molecule has 2 N–H and O–H groups in total. The topological polar surface area (TPSA) is 79.9 Å². The molecule has 1 heterocycles. The monoisotopic (exact) mass is 377 g/mol. The zero-order valence-electron chi connectivity index (χ0n) is 16.9. The number of carbonyl (C=O) groups is 2. The molecule has 0 saturated carbocycles. The van der Waals surface area contributed by atoms with Gasteiger partial charge in [-0.25, -0.2) is 4.79 Å². The lowest BCUT2D eigenvalue weighted by Gasteiger charge is -2.32. The Kier molecular flexibility index (Phi) is 7.07. The molecule has 1 aliphatic heterocycles. The molecular weight excluding hydrogens is 346 g/mol. The number of likely N-dealkylation sites (tertiary alicyclic amines) is 1. The van der Waals surface area contributed by atoms with Gasteiger partial charge in [-0.15, -0.1) is 0 Å². The predicted molar refractivity (Wildman–Crippen MR) is 105 cm³/mol. The second kappa shape index (κ2) is 9.08. The highest BCUT2D eigenvalue weighted by atomic mass is 16.6. The molecule has 27 heavy (non-hydrogen) atoms. The minimum atomic E-state index is -0.500. The molecule has 150 valence electrons. The van der Waals surface area contributed by atoms with Crippen LogP contribution < -0.4 is 15.4 Å². The van der Waals surface area contributed by atoms with Crippen molar-refractivity contribution in [3.8, 4) is 5.75 Å². The van der Waals surface area contributed by atoms with Crippen LogP contribution >= 0.6 is 0 Å². The largest absolute Gasteiger partial charge is 0.495 e. The molecule has 0 aromatic heterocycles. The summed E-state index contributed by atoms with van der Waals surface area (Å²) >= 11 is 0. The number of nitrogens with zero attached hydrogens (tertiary/aromatic N) is 1. The maximum absolute atomic E-state index is 12.4. The molecule has 1 fully saturated rings. The number of hydrogen-bond donors (Lipinski definition) is 2. The van der Waals surface area contributed by atoms with Crippen molar-refractivity contribution in [1.82, 2.24) is 10.2 Å². The van der Waals surface area contributed by atoms with Gasteiger partial charge in [0.1, 0.15) is 11.4 Å². The van der Waals surface area contributed by atoms with Gasteiger partial charge < -0.3 is 20.1 Å². The predicted octanol–water partition coefficient (Wildman–Crippen LogP) is 2.93. The minimum Gasteiger partial charge on any atom is -0.495 e. The van der Waals surface area contributed by atoms with Crippen molar-refractivity contribution < 1.29 is 19.1 Å². The highest BCUT2D eigenvalue weighted by molar-refractivity contribution is 5.93. The van der Waals surface area contributed by atoms with Crippen LogP contribution in [0.5, 0.6) is 5.75 Å². The van der Waals surface area contributed by atoms with Gasteiger partial charge in [0.05, 0.1) is 19.3 Å². The summed E-state index contributed by atoms with van der Waals surface area (Å²) in [7, 11) is 1.59. The van der Waals surface area contributed by atoms with E-state index in [1.54, 1.807) is 7.11 Å². The number of piperidine rings is 1. The molecule has 0 bridgehead atoms. The molecule has 0 atom stereocenters. The van der Waals surface area contributed by atoms with Crippen molar-refractivity contribution in [3.05, 3.63) is 23.8 Å². The number of ether oxygens (including phenoxy) is 2. The van der Waals surface area contributed by atoms with Crippen molar-refractivity contribution in [2.75, 3.05) is 32.1 Å². The summed E-state index contributed by atoms with van der Waals surface area (Å²) in [5.74, 6) is 0.576. The number of anilines is 1. The van der Waals surface area contributed by atoms with Gasteiger partial charge in [0.25, 0.3) is 0 Å². The fourth-order valence-corrected chi connectivity index (χ4v) is 3.02. The van der Waals surface area contributed by atoms with E-state index in [4.69, 9.17) is 9.47 Å². The summed E-state index contributed by atoms with van der Waals surface area (Å²) in [6, 6.07) is 5.76. The highest BCUT2D eigenvalue weighted by Gasteiger charge is 2.24. The summed E-state index contributed by atoms with van der Waals surface area (Å²) in [4.78, 5) is 26.3. The summed E-state index contributed by atoms with van der Waals surface area (Å²) in [6.45, 7) is 9.32. The molecule has 0 unspecified atom stereocenters. The van der Waals surface area contributed by atoms with E-state index in [1.807, 2.05) is 45.9 Å². The van der Waals surface area contributed by atoms with Gasteiger partial charge in [-0.3, -0.25) is 9.69 Å². The lowest BCUT2D eigenvalue weighted by Crippen LogP contribution is -2.47. The average molecular weight is 377 g/mol. The lowest BCUT2D eigenvalue weighted by atomic mass is 10.1. The van der Waals surface area contributed by atoms with Gasteiger partial charge >= 0.3 is 6.09 Å². The Balaban J connectivity index is 1.78. The Morgan fingerprint density at radius 1 is 1.22 bits per heavy atom. The molecule has 2 rings (SSSR count). The summed E-state index contributed by atoms with van der Waals surface area (Å²) in [5, 5.41) is 5.83. The zero-order valence-corrected chi connectivity index (χ0v) is 16.9. The standard InChI is InChI=1S/C20H31N3O4/c1-14-6-7-17(26-5)16(12-14)22-18(24)13-23-10-8-15(9-11-23)21-19(25)27-20(2,3)4/h6-7,12,15H,8-11,13H2,1-5H3,(H,21,25)(H,22,24). The molecule has 1 saturated heterocycles. The van der Waals surface area contributed by atoms with E-state index in [0.717, 1.165) is 31.5 Å². The van der Waals surface area contributed by atoms with E-state index < -0.39 is 5.60 Å². The minimum absolute atomic E-state index is 0.0718. The normalized spacial score (nSPS) is 15.9. The van der Waals surface area contributed by atoms with Crippen LogP contribution in [0, 0.1) is 6.92 Å². The summed E-state index contributed by atoms with van der Waals surface area (Å²) in [5.41, 5.74) is 1.24. The van der Waals surface area contributed by atoms with E-state index in [-0.39, 0.29) is 18.0 Å². The number of alkyl carbamates (subject to hydrolysis) is 1. The number of carbonyl (C=O) groups excluding carboxylic acids is 2. The first-order valence-corrected chi connectivity index (χ1v) is 9.32. The SMILES string of the molecule is COc1ccc(C)cc1NC(=O)CN1CCC(NC(=O)OC(C)(C)C)CC1. The van der Waals surface area contributed by atoms with Crippen LogP contribution in [0.15, 0.2) is 18.2 Å². The third kappa shape index (κ3) is 7.09. The van der Waals surface area contributed by atoms with Crippen LogP contribution in [0.25, 0.3) is 0 Å². The molecule has 0 aliphatic carbocycles. The quantitative estimate of drug-likeness (QED) is 0.825. The molecule has 7 heteroatoms. The van der Waals surface area contributed by atoms with Crippen LogP contribution in [-0.4, -0.2) is 55.3 Å². The van der Waals surface area contributed by atoms with E-state index >= 15 is 0 Å². The fourth-order valence-electron chi connectivity index (χ4n) is 3.02. The first-order valence-electron chi connectivity index (χ1n) is 9.32. The number of aryl methyl sites for hydroxylation is 1. The zero-order chi connectivity index (χ0) is 20.0. The maximum atomic E-state index is 12.4.